The lowest BCUT2D eigenvalue weighted by molar-refractivity contribution is 0.282. The van der Waals surface area contributed by atoms with Crippen LogP contribution >= 0.6 is 0 Å². The average Bonchev–Trinajstić information content (AvgIpc) is 3.02. The molecule has 0 bridgehead atoms. The summed E-state index contributed by atoms with van der Waals surface area (Å²) in [6.45, 7) is 6.21. The van der Waals surface area contributed by atoms with Crippen molar-refractivity contribution in [3.8, 4) is 0 Å². The van der Waals surface area contributed by atoms with Crippen LogP contribution in [0.3, 0.4) is 0 Å². The van der Waals surface area contributed by atoms with Crippen LogP contribution in [-0.4, -0.2) is 67.4 Å². The zero-order valence-corrected chi connectivity index (χ0v) is 25.8. The van der Waals surface area contributed by atoms with E-state index in [1.807, 2.05) is 14.0 Å². The number of anilines is 5. The van der Waals surface area contributed by atoms with Gasteiger partial charge in [-0.25, -0.2) is 22.2 Å². The van der Waals surface area contributed by atoms with E-state index in [2.05, 4.69) is 25.1 Å². The SMILES string of the molecule is CCS(=O)(=O)c1cc(Nc2ncc(F)c(N(Cc3ccccc3F)c3cc(CO)ccc3C)n2)ccc1N1CCN(C)CC1. The maximum Gasteiger partial charge on any atom is 0.229 e. The number of aliphatic hydroxyl groups is 1. The van der Waals surface area contributed by atoms with Crippen LogP contribution in [0.25, 0.3) is 0 Å². The molecule has 0 spiro atoms. The summed E-state index contributed by atoms with van der Waals surface area (Å²) in [4.78, 5) is 14.6. The highest BCUT2D eigenvalue weighted by atomic mass is 32.2. The molecule has 3 aromatic carbocycles. The van der Waals surface area contributed by atoms with Crippen LogP contribution in [0.2, 0.25) is 0 Å². The molecule has 9 nitrogen and oxygen atoms in total. The van der Waals surface area contributed by atoms with Crippen molar-refractivity contribution in [2.24, 2.45) is 0 Å². The normalized spacial score (nSPS) is 14.1. The molecule has 1 aliphatic rings. The highest BCUT2D eigenvalue weighted by molar-refractivity contribution is 7.91. The van der Waals surface area contributed by atoms with Crippen molar-refractivity contribution in [2.45, 2.75) is 31.9 Å². The number of likely N-dealkylation sites (N-methyl/N-ethyl adjacent to an activating group) is 1. The first-order valence-corrected chi connectivity index (χ1v) is 16.1. The Kier molecular flexibility index (Phi) is 9.42. The van der Waals surface area contributed by atoms with E-state index in [-0.39, 0.29) is 35.6 Å². The highest BCUT2D eigenvalue weighted by Gasteiger charge is 2.25. The highest BCUT2D eigenvalue weighted by Crippen LogP contribution is 2.34. The minimum absolute atomic E-state index is 0.0306. The number of aromatic nitrogens is 2. The van der Waals surface area contributed by atoms with E-state index in [1.54, 1.807) is 66.4 Å². The summed E-state index contributed by atoms with van der Waals surface area (Å²) in [7, 11) is -1.55. The number of nitrogens with zero attached hydrogens (tertiary/aromatic N) is 5. The minimum atomic E-state index is -3.58. The molecule has 0 amide bonds. The van der Waals surface area contributed by atoms with Crippen LogP contribution in [0.1, 0.15) is 23.6 Å². The van der Waals surface area contributed by atoms with Crippen LogP contribution in [0.4, 0.5) is 37.6 Å². The second-order valence-electron chi connectivity index (χ2n) is 10.8. The van der Waals surface area contributed by atoms with E-state index < -0.39 is 21.5 Å². The van der Waals surface area contributed by atoms with E-state index in [0.29, 0.717) is 41.3 Å². The zero-order chi connectivity index (χ0) is 31.4. The fraction of sp³-hybridized carbons (Fsp3) is 0.312. The Morgan fingerprint density at radius 2 is 1.75 bits per heavy atom. The van der Waals surface area contributed by atoms with Crippen LogP contribution in [-0.2, 0) is 23.0 Å². The molecule has 1 fully saturated rings. The van der Waals surface area contributed by atoms with E-state index in [9.17, 15) is 17.9 Å². The third kappa shape index (κ3) is 6.82. The first-order valence-electron chi connectivity index (χ1n) is 14.4. The van der Waals surface area contributed by atoms with Gasteiger partial charge in [-0.2, -0.15) is 4.98 Å². The van der Waals surface area contributed by atoms with Gasteiger partial charge in [0.15, 0.2) is 21.5 Å². The van der Waals surface area contributed by atoms with Crippen molar-refractivity contribution in [2.75, 3.05) is 54.1 Å². The predicted octanol–water partition coefficient (Wildman–Crippen LogP) is 5.18. The third-order valence-electron chi connectivity index (χ3n) is 7.79. The molecular weight excluding hydrogens is 586 g/mol. The number of rotatable bonds is 10. The second-order valence-corrected chi connectivity index (χ2v) is 13.1. The molecule has 0 unspecified atom stereocenters. The Morgan fingerprint density at radius 3 is 2.45 bits per heavy atom. The maximum atomic E-state index is 15.5. The Morgan fingerprint density at radius 1 is 1.00 bits per heavy atom. The van der Waals surface area contributed by atoms with E-state index in [1.165, 1.54) is 6.07 Å². The Balaban J connectivity index is 1.54. The fourth-order valence-corrected chi connectivity index (χ4v) is 6.29. The number of aliphatic hydroxyl groups excluding tert-OH is 1. The van der Waals surface area contributed by atoms with E-state index in [0.717, 1.165) is 24.8 Å². The molecule has 2 N–H and O–H groups in total. The summed E-state index contributed by atoms with van der Waals surface area (Å²) < 4.78 is 56.6. The summed E-state index contributed by atoms with van der Waals surface area (Å²) >= 11 is 0. The summed E-state index contributed by atoms with van der Waals surface area (Å²) in [6, 6.07) is 16.6. The Labute approximate surface area is 256 Å². The van der Waals surface area contributed by atoms with Crippen molar-refractivity contribution in [1.29, 1.82) is 0 Å². The summed E-state index contributed by atoms with van der Waals surface area (Å²) in [5.74, 6) is -1.33. The van der Waals surface area contributed by atoms with Crippen LogP contribution < -0.4 is 15.1 Å². The maximum absolute atomic E-state index is 15.5. The molecule has 1 aliphatic heterocycles. The molecule has 44 heavy (non-hydrogen) atoms. The van der Waals surface area contributed by atoms with Gasteiger partial charge < -0.3 is 25.1 Å². The summed E-state index contributed by atoms with van der Waals surface area (Å²) in [5, 5.41) is 12.8. The summed E-state index contributed by atoms with van der Waals surface area (Å²) in [5.41, 5.74) is 3.29. The van der Waals surface area contributed by atoms with Crippen molar-refractivity contribution in [1.82, 2.24) is 14.9 Å². The number of nitrogens with one attached hydrogen (secondary N) is 1. The van der Waals surface area contributed by atoms with Crippen LogP contribution in [0.5, 0.6) is 0 Å². The van der Waals surface area contributed by atoms with Crippen LogP contribution in [0.15, 0.2) is 71.8 Å². The first-order chi connectivity index (χ1) is 21.1. The van der Waals surface area contributed by atoms with Crippen LogP contribution in [0, 0.1) is 18.6 Å². The topological polar surface area (TPSA) is 102 Å². The third-order valence-corrected chi connectivity index (χ3v) is 9.55. The zero-order valence-electron chi connectivity index (χ0n) is 25.0. The lowest BCUT2D eigenvalue weighted by Gasteiger charge is -2.35. The molecule has 0 saturated carbocycles. The average molecular weight is 623 g/mol. The molecule has 1 aromatic heterocycles. The Hall–Kier alpha value is -4.13. The fourth-order valence-electron chi connectivity index (χ4n) is 5.16. The second kappa shape index (κ2) is 13.2. The largest absolute Gasteiger partial charge is 0.392 e. The Bertz CT molecular complexity index is 1750. The van der Waals surface area contributed by atoms with Gasteiger partial charge in [-0.1, -0.05) is 37.3 Å². The standard InChI is InChI=1S/C32H36F2N6O3S/c1-4-44(42,43)30-18-25(11-12-28(30)39-15-13-38(3)14-16-39)36-32-35-19-27(34)31(37-32)40(20-24-7-5-6-8-26(24)33)29-17-23(21-41)10-9-22(29)2/h5-12,17-19,41H,4,13-16,20-21H2,1-3H3,(H,35,36,37). The molecule has 12 heteroatoms. The van der Waals surface area contributed by atoms with Crippen molar-refractivity contribution >= 4 is 38.7 Å². The first kappa shape index (κ1) is 31.3. The van der Waals surface area contributed by atoms with Gasteiger partial charge in [-0.3, -0.25) is 0 Å². The van der Waals surface area contributed by atoms with E-state index >= 15 is 4.39 Å². The molecule has 2 heterocycles. The number of piperazine rings is 1. The predicted molar refractivity (Wildman–Crippen MR) is 168 cm³/mol. The van der Waals surface area contributed by atoms with E-state index in [4.69, 9.17) is 0 Å². The minimum Gasteiger partial charge on any atom is -0.392 e. The molecule has 0 radical (unpaired) electrons. The van der Waals surface area contributed by atoms with Crippen molar-refractivity contribution in [3.63, 3.8) is 0 Å². The molecule has 232 valence electrons. The van der Waals surface area contributed by atoms with Gasteiger partial charge in [-0.15, -0.1) is 0 Å². The lowest BCUT2D eigenvalue weighted by atomic mass is 10.1. The van der Waals surface area contributed by atoms with Gasteiger partial charge in [0.2, 0.25) is 5.95 Å². The van der Waals surface area contributed by atoms with Gasteiger partial charge in [0, 0.05) is 43.1 Å². The number of hydrogen-bond donors (Lipinski definition) is 2. The monoisotopic (exact) mass is 622 g/mol. The summed E-state index contributed by atoms with van der Waals surface area (Å²) in [6.07, 6.45) is 1.02. The molecule has 0 atom stereocenters. The lowest BCUT2D eigenvalue weighted by Crippen LogP contribution is -2.45. The number of halogens is 2. The van der Waals surface area contributed by atoms with Gasteiger partial charge in [-0.05, 0) is 55.4 Å². The smallest absolute Gasteiger partial charge is 0.229 e. The molecule has 1 saturated heterocycles. The van der Waals surface area contributed by atoms with Crippen molar-refractivity contribution in [3.05, 3.63) is 95.2 Å². The number of benzene rings is 3. The number of aryl methyl sites for hydroxylation is 1. The molecule has 0 aliphatic carbocycles. The van der Waals surface area contributed by atoms with Gasteiger partial charge in [0.25, 0.3) is 0 Å². The van der Waals surface area contributed by atoms with Crippen molar-refractivity contribution < 1.29 is 22.3 Å². The molecule has 4 aromatic rings. The van der Waals surface area contributed by atoms with Gasteiger partial charge in [0.05, 0.1) is 35.7 Å². The quantitative estimate of drug-likeness (QED) is 0.248. The van der Waals surface area contributed by atoms with Gasteiger partial charge in [0.1, 0.15) is 5.82 Å². The number of sulfone groups is 1. The van der Waals surface area contributed by atoms with Gasteiger partial charge >= 0.3 is 0 Å². The molecule has 5 rings (SSSR count). The molecular formula is C32H36F2N6O3S. The number of hydrogen-bond acceptors (Lipinski definition) is 9.